The molecule has 2 aromatic carbocycles. The van der Waals surface area contributed by atoms with Gasteiger partial charge in [0.1, 0.15) is 0 Å². The highest BCUT2D eigenvalue weighted by atomic mass is 19.4. The standard InChI is InChI=1S/C30H32F3N3O5/c1-17-3-12-23(18(2)15-17)29-36-26(27(41-29)30(31,32)33)28(40)34-14-13-24(37)35-22-10-8-21(9-11-22)20-6-4-19(5-7-20)16-25(38)39/h3,8-12,15,19-20H,4-7,13-14,16H2,1-2H3,(H,34,40)(H,35,37)(H,38,39). The summed E-state index contributed by atoms with van der Waals surface area (Å²) < 4.78 is 45.8. The van der Waals surface area contributed by atoms with Gasteiger partial charge < -0.3 is 20.2 Å². The number of hydrogen-bond acceptors (Lipinski definition) is 5. The summed E-state index contributed by atoms with van der Waals surface area (Å²) in [5.41, 5.74) is 2.70. The van der Waals surface area contributed by atoms with E-state index in [-0.39, 0.29) is 31.2 Å². The van der Waals surface area contributed by atoms with E-state index in [1.54, 1.807) is 37.3 Å². The number of carbonyl (C=O) groups excluding carboxylic acids is 2. The monoisotopic (exact) mass is 571 g/mol. The average molecular weight is 572 g/mol. The van der Waals surface area contributed by atoms with E-state index < -0.39 is 35.4 Å². The molecular weight excluding hydrogens is 539 g/mol. The smallest absolute Gasteiger partial charge is 0.452 e. The molecule has 11 heteroatoms. The summed E-state index contributed by atoms with van der Waals surface area (Å²) in [6.07, 6.45) is -1.33. The number of benzene rings is 2. The van der Waals surface area contributed by atoms with Crippen LogP contribution in [0.25, 0.3) is 11.5 Å². The molecule has 0 aliphatic heterocycles. The van der Waals surface area contributed by atoms with Crippen LogP contribution in [0.2, 0.25) is 0 Å². The average Bonchev–Trinajstić information content (AvgIpc) is 3.35. The molecule has 1 fully saturated rings. The molecule has 8 nitrogen and oxygen atoms in total. The number of carbonyl (C=O) groups is 3. The summed E-state index contributed by atoms with van der Waals surface area (Å²) in [7, 11) is 0. The summed E-state index contributed by atoms with van der Waals surface area (Å²) >= 11 is 0. The summed E-state index contributed by atoms with van der Waals surface area (Å²) in [5, 5.41) is 14.0. The Morgan fingerprint density at radius 3 is 2.32 bits per heavy atom. The first-order valence-corrected chi connectivity index (χ1v) is 13.5. The van der Waals surface area contributed by atoms with Crippen LogP contribution in [0.4, 0.5) is 18.9 Å². The Morgan fingerprint density at radius 1 is 1.02 bits per heavy atom. The molecular formula is C30H32F3N3O5. The highest BCUT2D eigenvalue weighted by Crippen LogP contribution is 2.38. The van der Waals surface area contributed by atoms with E-state index in [1.807, 2.05) is 19.1 Å². The molecule has 0 saturated heterocycles. The van der Waals surface area contributed by atoms with Gasteiger partial charge in [0, 0.05) is 30.6 Å². The highest BCUT2D eigenvalue weighted by Gasteiger charge is 2.42. The molecule has 1 saturated carbocycles. The summed E-state index contributed by atoms with van der Waals surface area (Å²) in [4.78, 5) is 39.8. The second-order valence-electron chi connectivity index (χ2n) is 10.5. The molecule has 4 rings (SSSR count). The van der Waals surface area contributed by atoms with Crippen molar-refractivity contribution in [3.05, 3.63) is 70.6 Å². The maximum absolute atomic E-state index is 13.6. The zero-order valence-corrected chi connectivity index (χ0v) is 22.8. The van der Waals surface area contributed by atoms with Crippen molar-refractivity contribution in [2.45, 2.75) is 64.5 Å². The third-order valence-corrected chi connectivity index (χ3v) is 7.33. The number of alkyl halides is 3. The minimum Gasteiger partial charge on any atom is -0.481 e. The maximum atomic E-state index is 13.6. The molecule has 3 aromatic rings. The van der Waals surface area contributed by atoms with Crippen LogP contribution >= 0.6 is 0 Å². The van der Waals surface area contributed by atoms with Crippen molar-refractivity contribution < 1.29 is 37.1 Å². The van der Waals surface area contributed by atoms with E-state index in [1.165, 1.54) is 0 Å². The van der Waals surface area contributed by atoms with E-state index in [9.17, 15) is 27.6 Å². The number of carboxylic acids is 1. The maximum Gasteiger partial charge on any atom is 0.452 e. The lowest BCUT2D eigenvalue weighted by atomic mass is 9.77. The molecule has 0 bridgehead atoms. The molecule has 0 unspecified atom stereocenters. The van der Waals surface area contributed by atoms with Gasteiger partial charge in [-0.2, -0.15) is 13.2 Å². The normalized spacial score (nSPS) is 17.2. The number of anilines is 1. The van der Waals surface area contributed by atoms with Gasteiger partial charge >= 0.3 is 12.1 Å². The van der Waals surface area contributed by atoms with Gasteiger partial charge in [-0.25, -0.2) is 4.98 Å². The number of amides is 2. The number of carboxylic acid groups (broad SMARTS) is 1. The first-order chi connectivity index (χ1) is 19.4. The van der Waals surface area contributed by atoms with Crippen LogP contribution in [0.15, 0.2) is 46.9 Å². The van der Waals surface area contributed by atoms with Gasteiger partial charge in [0.15, 0.2) is 5.69 Å². The van der Waals surface area contributed by atoms with Crippen molar-refractivity contribution in [1.29, 1.82) is 0 Å². The number of aliphatic carboxylic acids is 1. The van der Waals surface area contributed by atoms with Crippen molar-refractivity contribution in [2.24, 2.45) is 5.92 Å². The Bertz CT molecular complexity index is 1410. The van der Waals surface area contributed by atoms with Crippen LogP contribution in [-0.4, -0.2) is 34.4 Å². The Balaban J connectivity index is 1.30. The van der Waals surface area contributed by atoms with Crippen LogP contribution in [0.3, 0.4) is 0 Å². The first kappa shape index (κ1) is 29.8. The van der Waals surface area contributed by atoms with Crippen molar-refractivity contribution in [1.82, 2.24) is 10.3 Å². The SMILES string of the molecule is Cc1ccc(-c2nc(C(=O)NCCC(=O)Nc3ccc(C4CCC(CC(=O)O)CC4)cc3)c(C(F)(F)F)o2)c(C)c1. The van der Waals surface area contributed by atoms with Gasteiger partial charge in [0.2, 0.25) is 17.6 Å². The van der Waals surface area contributed by atoms with Gasteiger partial charge in [0.05, 0.1) is 0 Å². The molecule has 0 atom stereocenters. The fourth-order valence-corrected chi connectivity index (χ4v) is 5.22. The molecule has 1 aliphatic carbocycles. The Hall–Kier alpha value is -4.15. The number of nitrogens with one attached hydrogen (secondary N) is 2. The fraction of sp³-hybridized carbons (Fsp3) is 0.400. The lowest BCUT2D eigenvalue weighted by molar-refractivity contribution is -0.153. The number of aryl methyl sites for hydroxylation is 2. The number of oxazole rings is 1. The zero-order chi connectivity index (χ0) is 29.7. The summed E-state index contributed by atoms with van der Waals surface area (Å²) in [6.45, 7) is 3.35. The topological polar surface area (TPSA) is 122 Å². The van der Waals surface area contributed by atoms with Gasteiger partial charge in [-0.3, -0.25) is 14.4 Å². The van der Waals surface area contributed by atoms with Gasteiger partial charge in [-0.05, 0) is 80.7 Å². The van der Waals surface area contributed by atoms with Crippen LogP contribution in [0.5, 0.6) is 0 Å². The minimum atomic E-state index is -4.93. The largest absolute Gasteiger partial charge is 0.481 e. The van der Waals surface area contributed by atoms with Gasteiger partial charge in [-0.1, -0.05) is 29.8 Å². The number of aromatic nitrogens is 1. The van der Waals surface area contributed by atoms with Gasteiger partial charge in [0.25, 0.3) is 5.91 Å². The Kier molecular flexibility index (Phi) is 9.14. The number of nitrogens with zero attached hydrogens (tertiary/aromatic N) is 1. The number of halogens is 3. The zero-order valence-electron chi connectivity index (χ0n) is 22.8. The van der Waals surface area contributed by atoms with Crippen molar-refractivity contribution in [3.8, 4) is 11.5 Å². The van der Waals surface area contributed by atoms with Crippen molar-refractivity contribution in [3.63, 3.8) is 0 Å². The van der Waals surface area contributed by atoms with E-state index >= 15 is 0 Å². The first-order valence-electron chi connectivity index (χ1n) is 13.5. The lowest BCUT2D eigenvalue weighted by Gasteiger charge is -2.28. The minimum absolute atomic E-state index is 0.162. The predicted octanol–water partition coefficient (Wildman–Crippen LogP) is 6.48. The van der Waals surface area contributed by atoms with Crippen LogP contribution in [0.1, 0.15) is 77.4 Å². The van der Waals surface area contributed by atoms with Crippen molar-refractivity contribution in [2.75, 3.05) is 11.9 Å². The molecule has 218 valence electrons. The summed E-state index contributed by atoms with van der Waals surface area (Å²) in [5.74, 6) is -3.52. The Labute approximate surface area is 235 Å². The van der Waals surface area contributed by atoms with Crippen LogP contribution in [-0.2, 0) is 15.8 Å². The molecule has 1 heterocycles. The highest BCUT2D eigenvalue weighted by molar-refractivity contribution is 5.95. The second kappa shape index (κ2) is 12.6. The van der Waals surface area contributed by atoms with Gasteiger partial charge in [-0.15, -0.1) is 0 Å². The van der Waals surface area contributed by atoms with Crippen LogP contribution < -0.4 is 10.6 Å². The molecule has 0 spiro atoms. The van der Waals surface area contributed by atoms with E-state index in [0.29, 0.717) is 22.7 Å². The molecule has 41 heavy (non-hydrogen) atoms. The third-order valence-electron chi connectivity index (χ3n) is 7.33. The fourth-order valence-electron chi connectivity index (χ4n) is 5.22. The molecule has 1 aromatic heterocycles. The third kappa shape index (κ3) is 7.74. The summed E-state index contributed by atoms with van der Waals surface area (Å²) in [6, 6.07) is 12.5. The number of hydrogen-bond donors (Lipinski definition) is 3. The molecule has 2 amide bonds. The van der Waals surface area contributed by atoms with E-state index in [2.05, 4.69) is 15.6 Å². The number of rotatable bonds is 9. The molecule has 3 N–H and O–H groups in total. The Morgan fingerprint density at radius 2 is 1.71 bits per heavy atom. The molecule has 0 radical (unpaired) electrons. The van der Waals surface area contributed by atoms with Crippen LogP contribution in [0, 0.1) is 19.8 Å². The second-order valence-corrected chi connectivity index (χ2v) is 10.5. The predicted molar refractivity (Wildman–Crippen MR) is 145 cm³/mol. The molecule has 1 aliphatic rings. The quantitative estimate of drug-likeness (QED) is 0.270. The van der Waals surface area contributed by atoms with E-state index in [0.717, 1.165) is 36.8 Å². The van der Waals surface area contributed by atoms with E-state index in [4.69, 9.17) is 9.52 Å². The lowest BCUT2D eigenvalue weighted by Crippen LogP contribution is -2.29. The van der Waals surface area contributed by atoms with Crippen molar-refractivity contribution >= 4 is 23.5 Å².